The monoisotopic (exact) mass is 624 g/mol. The molecule has 2 heterocycles. The Morgan fingerprint density at radius 3 is 1.24 bits per heavy atom. The van der Waals surface area contributed by atoms with Crippen molar-refractivity contribution in [1.82, 2.24) is 9.80 Å². The molecule has 2 rings (SSSR count). The summed E-state index contributed by atoms with van der Waals surface area (Å²) in [5.74, 6) is -5.46. The van der Waals surface area contributed by atoms with E-state index in [4.69, 9.17) is 10.2 Å². The van der Waals surface area contributed by atoms with E-state index in [1.54, 1.807) is 10.8 Å². The summed E-state index contributed by atoms with van der Waals surface area (Å²) in [6.07, 6.45) is -9.39. The maximum atomic E-state index is 11.8. The van der Waals surface area contributed by atoms with Crippen LogP contribution in [-0.4, -0.2) is 85.2 Å². The number of allylic oxidation sites excluding steroid dienone is 4. The molecule has 2 N–H and O–H groups in total. The van der Waals surface area contributed by atoms with Gasteiger partial charge in [-0.15, -0.1) is 22.7 Å². The summed E-state index contributed by atoms with van der Waals surface area (Å²) in [6, 6.07) is 5.84. The second-order valence-electron chi connectivity index (χ2n) is 7.34. The number of aliphatic hydroxyl groups is 2. The predicted octanol–water partition coefficient (Wildman–Crippen LogP) is 5.98. The molecular weight excluding hydrogens is 600 g/mol. The summed E-state index contributed by atoms with van der Waals surface area (Å²) in [5.41, 5.74) is 0. The van der Waals surface area contributed by atoms with Crippen LogP contribution in [0, 0.1) is 0 Å². The van der Waals surface area contributed by atoms with E-state index in [-0.39, 0.29) is 41.4 Å². The van der Waals surface area contributed by atoms with Crippen LogP contribution < -0.4 is 0 Å². The average Bonchev–Trinajstić information content (AvgIpc) is 3.46. The number of nitrogens with zero attached hydrogens (tertiary/aromatic N) is 2. The zero-order valence-electron chi connectivity index (χ0n) is 20.4. The number of halogens is 6. The fourth-order valence-electron chi connectivity index (χ4n) is 1.79. The second-order valence-corrected chi connectivity index (χ2v) is 9.24. The minimum Gasteiger partial charge on any atom is -0.504 e. The molecule has 0 radical (unpaired) electrons. The van der Waals surface area contributed by atoms with Gasteiger partial charge in [-0.25, -0.2) is 0 Å². The zero-order valence-corrected chi connectivity index (χ0v) is 25.0. The fraction of sp³-hybridized carbons (Fsp3) is 0.364. The number of aliphatic hydroxyl groups excluding tert-OH is 2. The van der Waals surface area contributed by atoms with E-state index in [2.05, 4.69) is 38.0 Å². The Hall–Kier alpha value is -2.06. The van der Waals surface area contributed by atoms with Gasteiger partial charge in [0.2, 0.25) is 11.5 Å². The van der Waals surface area contributed by atoms with Gasteiger partial charge in [-0.2, -0.15) is 26.3 Å². The third-order valence-corrected chi connectivity index (χ3v) is 5.41. The van der Waals surface area contributed by atoms with Crippen molar-refractivity contribution in [3.63, 3.8) is 0 Å². The summed E-state index contributed by atoms with van der Waals surface area (Å²) in [4.78, 5) is 26.7. The topological polar surface area (TPSA) is 81.1 Å². The fourth-order valence-corrected chi connectivity index (χ4v) is 3.06. The zero-order chi connectivity index (χ0) is 28.1. The molecule has 204 valence electrons. The van der Waals surface area contributed by atoms with E-state index in [9.17, 15) is 35.9 Å². The van der Waals surface area contributed by atoms with Crippen LogP contribution in [0.1, 0.15) is 19.3 Å². The molecule has 0 aromatic carbocycles. The summed E-state index contributed by atoms with van der Waals surface area (Å²) >= 11 is 2.02. The van der Waals surface area contributed by atoms with E-state index in [1.807, 2.05) is 0 Å². The van der Waals surface area contributed by atoms with E-state index >= 15 is 0 Å². The van der Waals surface area contributed by atoms with Crippen LogP contribution in [0.5, 0.6) is 0 Å². The first kappa shape index (κ1) is 37.1. The SMILES string of the molecule is CN(C)CCN(C)C.O=C(/C=C(\O)C(F)(F)F)c1cccs1.O=C(/C=C(\O)C(F)(F)F)c1cccs1.[Zn]. The number of likely N-dealkylation sites (N-methyl/N-ethyl adjacent to an activating group) is 2. The van der Waals surface area contributed by atoms with Crippen molar-refractivity contribution in [2.45, 2.75) is 12.4 Å². The molecule has 0 aliphatic rings. The second kappa shape index (κ2) is 17.5. The van der Waals surface area contributed by atoms with E-state index < -0.39 is 35.4 Å². The number of ketones is 2. The number of rotatable bonds is 7. The van der Waals surface area contributed by atoms with Crippen LogP contribution in [0.25, 0.3) is 0 Å². The van der Waals surface area contributed by atoms with E-state index in [1.165, 1.54) is 24.3 Å². The van der Waals surface area contributed by atoms with Crippen molar-refractivity contribution in [1.29, 1.82) is 0 Å². The smallest absolute Gasteiger partial charge is 0.448 e. The first-order valence-electron chi connectivity index (χ1n) is 9.86. The molecule has 0 spiro atoms. The summed E-state index contributed by atoms with van der Waals surface area (Å²) in [5, 5.41) is 20.1. The normalized spacial score (nSPS) is 12.2. The third kappa shape index (κ3) is 17.1. The molecule has 0 aliphatic heterocycles. The Morgan fingerprint density at radius 1 is 0.757 bits per heavy atom. The van der Waals surface area contributed by atoms with Gasteiger partial charge >= 0.3 is 12.4 Å². The largest absolute Gasteiger partial charge is 0.504 e. The molecule has 0 atom stereocenters. The van der Waals surface area contributed by atoms with Crippen LogP contribution in [0.2, 0.25) is 0 Å². The van der Waals surface area contributed by atoms with Gasteiger partial charge in [-0.1, -0.05) is 12.1 Å². The summed E-state index contributed by atoms with van der Waals surface area (Å²) < 4.78 is 70.7. The minimum atomic E-state index is -4.87. The number of hydrogen-bond donors (Lipinski definition) is 2. The van der Waals surface area contributed by atoms with Crippen LogP contribution >= 0.6 is 22.7 Å². The van der Waals surface area contributed by atoms with Gasteiger partial charge < -0.3 is 20.0 Å². The quantitative estimate of drug-likeness (QED) is 0.130. The first-order valence-corrected chi connectivity index (χ1v) is 11.6. The Bertz CT molecular complexity index is 908. The van der Waals surface area contributed by atoms with Crippen LogP contribution in [0.3, 0.4) is 0 Å². The molecule has 0 bridgehead atoms. The van der Waals surface area contributed by atoms with Crippen molar-refractivity contribution in [3.8, 4) is 0 Å². The van der Waals surface area contributed by atoms with Crippen molar-refractivity contribution in [3.05, 3.63) is 68.5 Å². The average molecular weight is 626 g/mol. The molecule has 6 nitrogen and oxygen atoms in total. The Morgan fingerprint density at radius 2 is 1.05 bits per heavy atom. The molecular formula is C22H26F6N2O4S2Zn. The number of alkyl halides is 6. The van der Waals surface area contributed by atoms with Gasteiger partial charge in [0.05, 0.1) is 9.75 Å². The van der Waals surface area contributed by atoms with Gasteiger partial charge in [-0.3, -0.25) is 9.59 Å². The molecule has 2 aromatic heterocycles. The third-order valence-electron chi connectivity index (χ3n) is 3.64. The maximum Gasteiger partial charge on any atom is 0.448 e. The molecule has 0 amide bonds. The molecule has 2 aromatic rings. The van der Waals surface area contributed by atoms with Gasteiger partial charge in [0.1, 0.15) is 0 Å². The number of hydrogen-bond acceptors (Lipinski definition) is 8. The van der Waals surface area contributed by atoms with Gasteiger partial charge in [-0.05, 0) is 51.1 Å². The number of carbonyl (C=O) groups is 2. The van der Waals surface area contributed by atoms with Crippen LogP contribution in [0.4, 0.5) is 26.3 Å². The van der Waals surface area contributed by atoms with Gasteiger partial charge in [0, 0.05) is 44.7 Å². The van der Waals surface area contributed by atoms with Crippen molar-refractivity contribution >= 4 is 34.2 Å². The molecule has 0 saturated heterocycles. The van der Waals surface area contributed by atoms with Crippen molar-refractivity contribution < 1.29 is 65.6 Å². The molecule has 0 fully saturated rings. The Labute approximate surface area is 231 Å². The first-order chi connectivity index (χ1) is 16.4. The minimum absolute atomic E-state index is 0. The van der Waals surface area contributed by atoms with E-state index in [0.29, 0.717) is 0 Å². The number of carbonyl (C=O) groups excluding carboxylic acids is 2. The van der Waals surface area contributed by atoms with E-state index in [0.717, 1.165) is 35.8 Å². The molecule has 0 saturated carbocycles. The maximum absolute atomic E-state index is 11.8. The molecule has 0 unspecified atom stereocenters. The summed E-state index contributed by atoms with van der Waals surface area (Å²) in [6.45, 7) is 2.29. The van der Waals surface area contributed by atoms with Crippen molar-refractivity contribution in [2.24, 2.45) is 0 Å². The van der Waals surface area contributed by atoms with Gasteiger partial charge in [0.25, 0.3) is 0 Å². The van der Waals surface area contributed by atoms with Crippen molar-refractivity contribution in [2.75, 3.05) is 41.3 Å². The van der Waals surface area contributed by atoms with Crippen LogP contribution in [0.15, 0.2) is 58.7 Å². The molecule has 0 aliphatic carbocycles. The molecule has 37 heavy (non-hydrogen) atoms. The Kier molecular flexibility index (Phi) is 17.5. The van der Waals surface area contributed by atoms with Crippen LogP contribution in [-0.2, 0) is 19.5 Å². The predicted molar refractivity (Wildman–Crippen MR) is 128 cm³/mol. The Balaban J connectivity index is 0. The standard InChI is InChI=1S/2C8H5F3O2S.C6H16N2.Zn/c2*9-8(10,11)7(13)4-5(12)6-2-1-3-14-6;1-7(2)5-6-8(3)4;/h2*1-4,13H;5-6H2,1-4H3;/b2*7-4-;;. The number of thiophene rings is 2. The molecule has 15 heteroatoms. The summed E-state index contributed by atoms with van der Waals surface area (Å²) in [7, 11) is 8.35. The van der Waals surface area contributed by atoms with Gasteiger partial charge in [0.15, 0.2) is 11.6 Å².